The Morgan fingerprint density at radius 3 is 2.71 bits per heavy atom. The van der Waals surface area contributed by atoms with Gasteiger partial charge in [-0.15, -0.1) is 0 Å². The van der Waals surface area contributed by atoms with Crippen LogP contribution in [0.2, 0.25) is 0 Å². The average molecular weight is 99.1 g/mol. The monoisotopic (exact) mass is 99.1 g/mol. The second-order valence-electron chi connectivity index (χ2n) is 0.899. The van der Waals surface area contributed by atoms with E-state index in [9.17, 15) is 0 Å². The molecule has 0 aromatic carbocycles. The van der Waals surface area contributed by atoms with Gasteiger partial charge in [-0.2, -0.15) is 0 Å². The molecule has 0 rings (SSSR count). The van der Waals surface area contributed by atoms with Gasteiger partial charge < -0.3 is 11.5 Å². The summed E-state index contributed by atoms with van der Waals surface area (Å²) in [5.41, 5.74) is 9.95. The minimum atomic E-state index is 0.324. The molecule has 0 spiro atoms. The summed E-state index contributed by atoms with van der Waals surface area (Å²) < 4.78 is 0. The highest BCUT2D eigenvalue weighted by Crippen LogP contribution is 1.57. The molecular formula is C4H9N3. The van der Waals surface area contributed by atoms with E-state index in [0.29, 0.717) is 6.67 Å². The van der Waals surface area contributed by atoms with Gasteiger partial charge in [0.2, 0.25) is 0 Å². The summed E-state index contributed by atoms with van der Waals surface area (Å²) in [6.07, 6.45) is 4.58. The van der Waals surface area contributed by atoms with Crippen molar-refractivity contribution in [2.45, 2.75) is 0 Å². The Morgan fingerprint density at radius 2 is 2.29 bits per heavy atom. The van der Waals surface area contributed by atoms with Gasteiger partial charge >= 0.3 is 0 Å². The Kier molecular flexibility index (Phi) is 4.56. The molecule has 0 unspecified atom stereocenters. The molecule has 4 N–H and O–H groups in total. The molecule has 3 heteroatoms. The highest BCUT2D eigenvalue weighted by atomic mass is 14.8. The van der Waals surface area contributed by atoms with Crippen LogP contribution in [0.3, 0.4) is 0 Å². The van der Waals surface area contributed by atoms with E-state index in [-0.39, 0.29) is 0 Å². The zero-order chi connectivity index (χ0) is 5.54. The Hall–Kier alpha value is -0.830. The number of nitrogens with two attached hydrogens (primary N) is 2. The zero-order valence-corrected chi connectivity index (χ0v) is 4.04. The summed E-state index contributed by atoms with van der Waals surface area (Å²) in [4.78, 5) is 3.65. The molecular weight excluding hydrogens is 90.1 g/mol. The first-order valence-corrected chi connectivity index (χ1v) is 1.98. The number of rotatable bonds is 2. The van der Waals surface area contributed by atoms with Gasteiger partial charge in [0, 0.05) is 6.21 Å². The molecule has 0 aliphatic rings. The third-order valence-corrected chi connectivity index (χ3v) is 0.408. The highest BCUT2D eigenvalue weighted by molar-refractivity contribution is 5.70. The molecule has 0 fully saturated rings. The van der Waals surface area contributed by atoms with E-state index in [4.69, 9.17) is 11.5 Å². The number of allylic oxidation sites excluding steroid dienone is 1. The fourth-order valence-electron chi connectivity index (χ4n) is 0.171. The summed E-state index contributed by atoms with van der Waals surface area (Å²) >= 11 is 0. The lowest BCUT2D eigenvalue weighted by Crippen LogP contribution is -1.93. The number of hydrogen-bond acceptors (Lipinski definition) is 3. The molecule has 0 aliphatic heterocycles. The molecule has 0 aromatic rings. The minimum Gasteiger partial charge on any atom is -0.405 e. The fourth-order valence-corrected chi connectivity index (χ4v) is 0.171. The van der Waals surface area contributed by atoms with E-state index in [1.165, 1.54) is 6.20 Å². The second-order valence-corrected chi connectivity index (χ2v) is 0.899. The summed E-state index contributed by atoms with van der Waals surface area (Å²) in [5.74, 6) is 0. The van der Waals surface area contributed by atoms with Crippen LogP contribution in [-0.4, -0.2) is 12.9 Å². The van der Waals surface area contributed by atoms with Crippen molar-refractivity contribution in [3.63, 3.8) is 0 Å². The number of hydrogen-bond donors (Lipinski definition) is 2. The van der Waals surface area contributed by atoms with Crippen LogP contribution in [0.5, 0.6) is 0 Å². The molecule has 0 saturated heterocycles. The smallest absolute Gasteiger partial charge is 0.0859 e. The SMILES string of the molecule is N/C=C\C=NCN. The van der Waals surface area contributed by atoms with Gasteiger partial charge in [0.25, 0.3) is 0 Å². The lowest BCUT2D eigenvalue weighted by Gasteiger charge is -1.73. The Bertz CT molecular complexity index is 75.0. The van der Waals surface area contributed by atoms with E-state index in [1.807, 2.05) is 0 Å². The van der Waals surface area contributed by atoms with Gasteiger partial charge in [-0.1, -0.05) is 0 Å². The van der Waals surface area contributed by atoms with Crippen molar-refractivity contribution >= 4 is 6.21 Å². The molecule has 0 saturated carbocycles. The molecule has 40 valence electrons. The van der Waals surface area contributed by atoms with Crippen LogP contribution in [-0.2, 0) is 0 Å². The molecule has 0 aliphatic carbocycles. The largest absolute Gasteiger partial charge is 0.405 e. The Balaban J connectivity index is 3.09. The van der Waals surface area contributed by atoms with Crippen molar-refractivity contribution in [3.05, 3.63) is 12.3 Å². The lowest BCUT2D eigenvalue weighted by atomic mass is 10.7. The summed E-state index contributed by atoms with van der Waals surface area (Å²) in [5, 5.41) is 0. The summed E-state index contributed by atoms with van der Waals surface area (Å²) in [7, 11) is 0. The van der Waals surface area contributed by atoms with Crippen LogP contribution in [0.25, 0.3) is 0 Å². The van der Waals surface area contributed by atoms with Gasteiger partial charge in [0.15, 0.2) is 0 Å². The van der Waals surface area contributed by atoms with Crippen LogP contribution in [0.4, 0.5) is 0 Å². The highest BCUT2D eigenvalue weighted by Gasteiger charge is 1.57. The minimum absolute atomic E-state index is 0.324. The van der Waals surface area contributed by atoms with Crippen molar-refractivity contribution in [2.24, 2.45) is 16.5 Å². The second kappa shape index (κ2) is 5.17. The summed E-state index contributed by atoms with van der Waals surface area (Å²) in [6.45, 7) is 0.324. The van der Waals surface area contributed by atoms with Crippen molar-refractivity contribution in [2.75, 3.05) is 6.67 Å². The average Bonchev–Trinajstić information content (AvgIpc) is 1.69. The standard InChI is InChI=1S/C4H9N3/c5-2-1-3-7-4-6/h1-3H,4-6H2/b2-1-,7-3?. The molecule has 0 radical (unpaired) electrons. The molecule has 0 bridgehead atoms. The summed E-state index contributed by atoms with van der Waals surface area (Å²) in [6, 6.07) is 0. The first-order valence-electron chi connectivity index (χ1n) is 1.98. The normalized spacial score (nSPS) is 11.6. The predicted molar refractivity (Wildman–Crippen MR) is 30.9 cm³/mol. The van der Waals surface area contributed by atoms with E-state index >= 15 is 0 Å². The molecule has 0 atom stereocenters. The van der Waals surface area contributed by atoms with Crippen molar-refractivity contribution in [1.29, 1.82) is 0 Å². The quantitative estimate of drug-likeness (QED) is 0.456. The van der Waals surface area contributed by atoms with E-state index < -0.39 is 0 Å². The van der Waals surface area contributed by atoms with Gasteiger partial charge in [0.05, 0.1) is 6.67 Å². The van der Waals surface area contributed by atoms with Crippen molar-refractivity contribution in [1.82, 2.24) is 0 Å². The first kappa shape index (κ1) is 6.17. The van der Waals surface area contributed by atoms with E-state index in [2.05, 4.69) is 4.99 Å². The molecule has 3 nitrogen and oxygen atoms in total. The van der Waals surface area contributed by atoms with Gasteiger partial charge in [-0.25, -0.2) is 0 Å². The Labute approximate surface area is 42.7 Å². The van der Waals surface area contributed by atoms with Gasteiger partial charge in [-0.05, 0) is 12.3 Å². The number of nitrogens with zero attached hydrogens (tertiary/aromatic N) is 1. The van der Waals surface area contributed by atoms with Crippen LogP contribution in [0, 0.1) is 0 Å². The van der Waals surface area contributed by atoms with Crippen LogP contribution in [0.1, 0.15) is 0 Å². The molecule has 0 amide bonds. The molecule has 0 aromatic heterocycles. The van der Waals surface area contributed by atoms with Gasteiger partial charge in [0.1, 0.15) is 0 Å². The number of aliphatic imine (C=N–C) groups is 1. The van der Waals surface area contributed by atoms with Gasteiger partial charge in [-0.3, -0.25) is 4.99 Å². The van der Waals surface area contributed by atoms with Crippen LogP contribution >= 0.6 is 0 Å². The van der Waals surface area contributed by atoms with Crippen molar-refractivity contribution < 1.29 is 0 Å². The predicted octanol–water partition coefficient (Wildman–Crippen LogP) is -0.554. The molecule has 0 heterocycles. The Morgan fingerprint density at radius 1 is 1.57 bits per heavy atom. The maximum atomic E-state index is 5.00. The maximum Gasteiger partial charge on any atom is 0.0859 e. The van der Waals surface area contributed by atoms with Crippen LogP contribution < -0.4 is 11.5 Å². The first-order chi connectivity index (χ1) is 3.41. The maximum absolute atomic E-state index is 5.00. The molecule has 7 heavy (non-hydrogen) atoms. The van der Waals surface area contributed by atoms with Crippen LogP contribution in [0.15, 0.2) is 17.3 Å². The topological polar surface area (TPSA) is 64.4 Å². The van der Waals surface area contributed by atoms with E-state index in [1.54, 1.807) is 12.3 Å². The third-order valence-electron chi connectivity index (χ3n) is 0.408. The van der Waals surface area contributed by atoms with E-state index in [0.717, 1.165) is 0 Å². The van der Waals surface area contributed by atoms with Crippen molar-refractivity contribution in [3.8, 4) is 0 Å². The fraction of sp³-hybridized carbons (Fsp3) is 0.250. The third kappa shape index (κ3) is 5.17. The lowest BCUT2D eigenvalue weighted by molar-refractivity contribution is 1.08. The zero-order valence-electron chi connectivity index (χ0n) is 4.04.